The molecule has 2 bridgehead atoms. The Morgan fingerprint density at radius 1 is 1.26 bits per heavy atom. The van der Waals surface area contributed by atoms with Gasteiger partial charge in [-0.2, -0.15) is 0 Å². The van der Waals surface area contributed by atoms with Gasteiger partial charge in [-0.15, -0.1) is 0 Å². The van der Waals surface area contributed by atoms with Crippen LogP contribution in [0.3, 0.4) is 0 Å². The molecule has 0 amide bonds. The summed E-state index contributed by atoms with van der Waals surface area (Å²) in [5.41, 5.74) is 2.91. The minimum absolute atomic E-state index is 0.200. The second-order valence-corrected chi connectivity index (χ2v) is 8.20. The first-order valence-electron chi connectivity index (χ1n) is 8.14. The van der Waals surface area contributed by atoms with Gasteiger partial charge in [-0.25, -0.2) is 4.79 Å². The lowest BCUT2D eigenvalue weighted by Crippen LogP contribution is -2.50. The average Bonchev–Trinajstić information content (AvgIpc) is 2.98. The quantitative estimate of drug-likeness (QED) is 0.721. The fourth-order valence-corrected chi connectivity index (χ4v) is 5.09. The molecule has 5 rings (SSSR count). The minimum atomic E-state index is -0.200. The highest BCUT2D eigenvalue weighted by atomic mass is 79.9. The molecule has 0 atom stereocenters. The number of rotatable bonds is 3. The van der Waals surface area contributed by atoms with Gasteiger partial charge in [0.25, 0.3) is 0 Å². The number of nitrogens with zero attached hydrogens (tertiary/aromatic N) is 1. The number of piperidine rings is 3. The molecule has 0 spiro atoms. The molecule has 23 heavy (non-hydrogen) atoms. The third-order valence-electron chi connectivity index (χ3n) is 5.54. The number of halogens is 2. The standard InChI is InChI=1S/C18H19BrClNO2/c19-15-10-13(20)9-12-1-2-14(16(12)15)17(22)23-11-18-3-6-21(7-4-18)8-5-18/h2,9-10H,1,3-8,11H2. The maximum Gasteiger partial charge on any atom is 0.338 e. The number of benzene rings is 1. The Hall–Kier alpha value is -0.840. The van der Waals surface area contributed by atoms with Crippen molar-refractivity contribution < 1.29 is 9.53 Å². The predicted octanol–water partition coefficient (Wildman–Crippen LogP) is 4.07. The van der Waals surface area contributed by atoms with Crippen molar-refractivity contribution in [3.05, 3.63) is 38.8 Å². The van der Waals surface area contributed by atoms with Crippen molar-refractivity contribution in [2.24, 2.45) is 5.41 Å². The second kappa shape index (κ2) is 5.91. The molecule has 1 aromatic carbocycles. The zero-order valence-corrected chi connectivity index (χ0v) is 15.3. The molecule has 3 saturated heterocycles. The Morgan fingerprint density at radius 3 is 2.65 bits per heavy atom. The Labute approximate surface area is 149 Å². The molecule has 4 aliphatic rings. The second-order valence-electron chi connectivity index (χ2n) is 6.91. The van der Waals surface area contributed by atoms with E-state index in [-0.39, 0.29) is 11.4 Å². The molecule has 3 fully saturated rings. The van der Waals surface area contributed by atoms with Crippen LogP contribution < -0.4 is 0 Å². The first kappa shape index (κ1) is 15.7. The summed E-state index contributed by atoms with van der Waals surface area (Å²) in [6.07, 6.45) is 6.13. The highest BCUT2D eigenvalue weighted by Gasteiger charge is 2.40. The molecule has 0 aromatic heterocycles. The van der Waals surface area contributed by atoms with Crippen LogP contribution in [-0.2, 0) is 16.0 Å². The zero-order chi connectivity index (χ0) is 16.0. The first-order valence-corrected chi connectivity index (χ1v) is 9.31. The first-order chi connectivity index (χ1) is 11.1. The van der Waals surface area contributed by atoms with Gasteiger partial charge < -0.3 is 9.64 Å². The third-order valence-corrected chi connectivity index (χ3v) is 6.38. The number of allylic oxidation sites excluding steroid dienone is 1. The lowest BCUT2D eigenvalue weighted by molar-refractivity contribution is -0.143. The van der Waals surface area contributed by atoms with Crippen molar-refractivity contribution in [1.29, 1.82) is 0 Å². The summed E-state index contributed by atoms with van der Waals surface area (Å²) in [4.78, 5) is 15.1. The van der Waals surface area contributed by atoms with E-state index >= 15 is 0 Å². The van der Waals surface area contributed by atoms with Crippen LogP contribution in [0, 0.1) is 5.41 Å². The smallest absolute Gasteiger partial charge is 0.338 e. The van der Waals surface area contributed by atoms with Crippen molar-refractivity contribution in [3.63, 3.8) is 0 Å². The van der Waals surface area contributed by atoms with E-state index in [0.29, 0.717) is 17.2 Å². The van der Waals surface area contributed by atoms with Gasteiger partial charge in [0.1, 0.15) is 0 Å². The zero-order valence-electron chi connectivity index (χ0n) is 12.9. The van der Waals surface area contributed by atoms with E-state index in [1.54, 1.807) is 0 Å². The van der Waals surface area contributed by atoms with Gasteiger partial charge in [0.15, 0.2) is 0 Å². The number of carbonyl (C=O) groups is 1. The van der Waals surface area contributed by atoms with E-state index in [2.05, 4.69) is 20.8 Å². The Bertz CT molecular complexity index is 679. The molecule has 0 saturated carbocycles. The number of hydrogen-bond acceptors (Lipinski definition) is 3. The largest absolute Gasteiger partial charge is 0.461 e. The van der Waals surface area contributed by atoms with E-state index in [0.717, 1.165) is 60.9 Å². The molecule has 1 aromatic rings. The third kappa shape index (κ3) is 2.86. The van der Waals surface area contributed by atoms with Crippen molar-refractivity contribution in [1.82, 2.24) is 4.90 Å². The average molecular weight is 397 g/mol. The van der Waals surface area contributed by atoms with Gasteiger partial charge in [-0.3, -0.25) is 0 Å². The monoisotopic (exact) mass is 395 g/mol. The maximum absolute atomic E-state index is 12.6. The molecule has 1 aliphatic carbocycles. The summed E-state index contributed by atoms with van der Waals surface area (Å²) in [7, 11) is 0. The van der Waals surface area contributed by atoms with Gasteiger partial charge in [-0.1, -0.05) is 33.6 Å². The SMILES string of the molecule is O=C(OCC12CCN(CC1)CC2)C1=CCc2cc(Cl)cc(Br)c21. The van der Waals surface area contributed by atoms with E-state index in [1.165, 1.54) is 0 Å². The molecule has 3 heterocycles. The molecular weight excluding hydrogens is 378 g/mol. The van der Waals surface area contributed by atoms with E-state index < -0.39 is 0 Å². The molecule has 3 nitrogen and oxygen atoms in total. The van der Waals surface area contributed by atoms with E-state index in [9.17, 15) is 4.79 Å². The fraction of sp³-hybridized carbons (Fsp3) is 0.500. The normalized spacial score (nSPS) is 28.4. The lowest BCUT2D eigenvalue weighted by atomic mass is 9.73. The van der Waals surface area contributed by atoms with Crippen molar-refractivity contribution >= 4 is 39.1 Å². The summed E-state index contributed by atoms with van der Waals surface area (Å²) in [6.45, 7) is 3.99. The number of fused-ring (bicyclic) bond motifs is 4. The molecule has 5 heteroatoms. The van der Waals surface area contributed by atoms with E-state index in [1.807, 2.05) is 18.2 Å². The van der Waals surface area contributed by atoms with Crippen LogP contribution in [0.2, 0.25) is 5.02 Å². The van der Waals surface area contributed by atoms with Crippen LogP contribution in [0.1, 0.15) is 30.4 Å². The van der Waals surface area contributed by atoms with Crippen molar-refractivity contribution in [3.8, 4) is 0 Å². The Balaban J connectivity index is 1.47. The molecular formula is C18H19BrClNO2. The van der Waals surface area contributed by atoms with Crippen LogP contribution in [-0.4, -0.2) is 37.1 Å². The highest BCUT2D eigenvalue weighted by Crippen LogP contribution is 2.41. The van der Waals surface area contributed by atoms with Gasteiger partial charge in [0, 0.05) is 20.5 Å². The summed E-state index contributed by atoms with van der Waals surface area (Å²) in [6, 6.07) is 3.76. The molecule has 0 radical (unpaired) electrons. The van der Waals surface area contributed by atoms with Gasteiger partial charge in [0.05, 0.1) is 12.2 Å². The van der Waals surface area contributed by atoms with Crippen LogP contribution in [0.4, 0.5) is 0 Å². The lowest BCUT2D eigenvalue weighted by Gasteiger charge is -2.47. The predicted molar refractivity (Wildman–Crippen MR) is 94.5 cm³/mol. The van der Waals surface area contributed by atoms with E-state index in [4.69, 9.17) is 16.3 Å². The number of carbonyl (C=O) groups excluding carboxylic acids is 1. The summed E-state index contributed by atoms with van der Waals surface area (Å²) in [5, 5.41) is 0.687. The van der Waals surface area contributed by atoms with Gasteiger partial charge in [-0.05, 0) is 63.0 Å². The number of ether oxygens (including phenoxy) is 1. The van der Waals surface area contributed by atoms with Crippen LogP contribution in [0.25, 0.3) is 5.57 Å². The Morgan fingerprint density at radius 2 is 1.96 bits per heavy atom. The topological polar surface area (TPSA) is 29.5 Å². The van der Waals surface area contributed by atoms with Crippen molar-refractivity contribution in [2.75, 3.05) is 26.2 Å². The highest BCUT2D eigenvalue weighted by molar-refractivity contribution is 9.10. The molecule has 122 valence electrons. The van der Waals surface area contributed by atoms with Crippen LogP contribution in [0.15, 0.2) is 22.7 Å². The number of esters is 1. The summed E-state index contributed by atoms with van der Waals surface area (Å²) in [5.74, 6) is -0.200. The summed E-state index contributed by atoms with van der Waals surface area (Å²) < 4.78 is 6.61. The maximum atomic E-state index is 12.6. The number of hydrogen-bond donors (Lipinski definition) is 0. The Kier molecular flexibility index (Phi) is 4.02. The molecule has 3 aliphatic heterocycles. The van der Waals surface area contributed by atoms with Crippen LogP contribution >= 0.6 is 27.5 Å². The minimum Gasteiger partial charge on any atom is -0.461 e. The van der Waals surface area contributed by atoms with Crippen molar-refractivity contribution in [2.45, 2.75) is 25.7 Å². The van der Waals surface area contributed by atoms with Crippen LogP contribution in [0.5, 0.6) is 0 Å². The summed E-state index contributed by atoms with van der Waals surface area (Å²) >= 11 is 9.61. The molecule has 0 N–H and O–H groups in total. The molecule has 0 unspecified atom stereocenters. The fourth-order valence-electron chi connectivity index (χ4n) is 4.00. The van der Waals surface area contributed by atoms with Gasteiger partial charge >= 0.3 is 5.97 Å². The van der Waals surface area contributed by atoms with Gasteiger partial charge in [0.2, 0.25) is 0 Å².